The zero-order valence-corrected chi connectivity index (χ0v) is 14.0. The first-order chi connectivity index (χ1) is 11.7. The highest BCUT2D eigenvalue weighted by Gasteiger charge is 2.06. The van der Waals surface area contributed by atoms with Crippen LogP contribution >= 0.6 is 11.8 Å². The number of aromatic nitrogens is 2. The van der Waals surface area contributed by atoms with Crippen LogP contribution in [0.25, 0.3) is 11.0 Å². The van der Waals surface area contributed by atoms with Crippen LogP contribution in [-0.2, 0) is 4.79 Å². The number of aromatic amines is 1. The van der Waals surface area contributed by atoms with Gasteiger partial charge in [0.25, 0.3) is 0 Å². The van der Waals surface area contributed by atoms with Crippen molar-refractivity contribution in [3.63, 3.8) is 0 Å². The minimum Gasteiger partial charge on any atom is -0.497 e. The van der Waals surface area contributed by atoms with E-state index in [-0.39, 0.29) is 12.3 Å². The summed E-state index contributed by atoms with van der Waals surface area (Å²) < 4.78 is 5.10. The van der Waals surface area contributed by atoms with Crippen molar-refractivity contribution in [3.8, 4) is 5.75 Å². The van der Waals surface area contributed by atoms with E-state index in [9.17, 15) is 4.79 Å². The Morgan fingerprint density at radius 2 is 2.04 bits per heavy atom. The Balaban J connectivity index is 1.49. The quantitative estimate of drug-likeness (QED) is 0.529. The molecule has 0 radical (unpaired) electrons. The van der Waals surface area contributed by atoms with Gasteiger partial charge in [-0.25, -0.2) is 4.98 Å². The number of imidazole rings is 1. The molecule has 0 spiro atoms. The highest BCUT2D eigenvalue weighted by Crippen LogP contribution is 2.19. The van der Waals surface area contributed by atoms with Gasteiger partial charge < -0.3 is 9.72 Å². The summed E-state index contributed by atoms with van der Waals surface area (Å²) in [4.78, 5) is 23.7. The molecule has 0 bridgehead atoms. The number of ketones is 1. The van der Waals surface area contributed by atoms with Crippen molar-refractivity contribution >= 4 is 34.8 Å². The number of thioether (sulfide) groups is 1. The fourth-order valence-corrected chi connectivity index (χ4v) is 2.87. The number of H-pyrrole nitrogens is 1. The molecule has 6 heteroatoms. The van der Waals surface area contributed by atoms with E-state index in [1.54, 1.807) is 13.3 Å². The number of hydrogen-bond donors (Lipinski definition) is 1. The van der Waals surface area contributed by atoms with Crippen molar-refractivity contribution in [1.29, 1.82) is 0 Å². The minimum atomic E-state index is 0.0604. The topological polar surface area (TPSA) is 67.3 Å². The smallest absolute Gasteiger partial charge is 0.166 e. The highest BCUT2D eigenvalue weighted by atomic mass is 32.2. The maximum absolute atomic E-state index is 11.9. The third-order valence-electron chi connectivity index (χ3n) is 3.36. The first kappa shape index (κ1) is 16.3. The number of benzene rings is 2. The molecule has 0 saturated heterocycles. The number of para-hydroxylation sites is 2. The van der Waals surface area contributed by atoms with Gasteiger partial charge in [-0.2, -0.15) is 0 Å². The van der Waals surface area contributed by atoms with Crippen LogP contribution in [-0.4, -0.2) is 41.4 Å². The Morgan fingerprint density at radius 1 is 1.25 bits per heavy atom. The average Bonchev–Trinajstić information content (AvgIpc) is 3.03. The van der Waals surface area contributed by atoms with Crippen LogP contribution in [0, 0.1) is 0 Å². The monoisotopic (exact) mass is 339 g/mol. The van der Waals surface area contributed by atoms with E-state index in [4.69, 9.17) is 4.74 Å². The van der Waals surface area contributed by atoms with E-state index in [0.29, 0.717) is 5.75 Å². The number of ether oxygens (including phenoxy) is 1. The number of Topliss-reactive ketones (excluding diaryl/α,β-unsaturated/α-hetero) is 1. The molecule has 0 aliphatic rings. The number of nitrogens with one attached hydrogen (secondary N) is 1. The molecule has 1 heterocycles. The molecule has 0 saturated carbocycles. The largest absolute Gasteiger partial charge is 0.497 e. The zero-order chi connectivity index (χ0) is 16.8. The van der Waals surface area contributed by atoms with Gasteiger partial charge in [0.05, 0.1) is 30.4 Å². The van der Waals surface area contributed by atoms with Crippen molar-refractivity contribution in [2.24, 2.45) is 4.99 Å². The lowest BCUT2D eigenvalue weighted by Gasteiger charge is -1.99. The molecule has 2 aromatic carbocycles. The van der Waals surface area contributed by atoms with Crippen LogP contribution in [0.5, 0.6) is 5.75 Å². The number of aliphatic imine (C=N–C) groups is 1. The second-order valence-corrected chi connectivity index (χ2v) is 6.09. The lowest BCUT2D eigenvalue weighted by Crippen LogP contribution is -2.06. The van der Waals surface area contributed by atoms with Crippen LogP contribution in [0.3, 0.4) is 0 Å². The molecule has 0 amide bonds. The molecule has 5 nitrogen and oxygen atoms in total. The Hall–Kier alpha value is -2.60. The van der Waals surface area contributed by atoms with Gasteiger partial charge in [-0.05, 0) is 42.0 Å². The summed E-state index contributed by atoms with van der Waals surface area (Å²) >= 11 is 1.40. The van der Waals surface area contributed by atoms with Crippen LogP contribution < -0.4 is 4.74 Å². The molecule has 3 aromatic rings. The fraction of sp³-hybridized carbons (Fsp3) is 0.167. The fourth-order valence-electron chi connectivity index (χ4n) is 2.14. The van der Waals surface area contributed by atoms with Gasteiger partial charge in [0.2, 0.25) is 0 Å². The van der Waals surface area contributed by atoms with Crippen LogP contribution in [0.1, 0.15) is 5.56 Å². The van der Waals surface area contributed by atoms with Crippen LogP contribution in [0.4, 0.5) is 0 Å². The Morgan fingerprint density at radius 3 is 2.79 bits per heavy atom. The maximum Gasteiger partial charge on any atom is 0.166 e. The Bertz CT molecular complexity index is 823. The normalized spacial score (nSPS) is 11.2. The number of rotatable bonds is 7. The summed E-state index contributed by atoms with van der Waals surface area (Å²) in [6.07, 6.45) is 1.70. The number of hydrogen-bond acceptors (Lipinski definition) is 5. The average molecular weight is 339 g/mol. The van der Waals surface area contributed by atoms with Gasteiger partial charge in [0, 0.05) is 6.21 Å². The first-order valence-corrected chi connectivity index (χ1v) is 8.46. The van der Waals surface area contributed by atoms with Crippen molar-refractivity contribution in [1.82, 2.24) is 9.97 Å². The van der Waals surface area contributed by atoms with Gasteiger partial charge >= 0.3 is 0 Å². The number of carbonyl (C=O) groups is 1. The second-order valence-electron chi connectivity index (χ2n) is 5.13. The molecule has 3 rings (SSSR count). The first-order valence-electron chi connectivity index (χ1n) is 7.48. The van der Waals surface area contributed by atoms with Gasteiger partial charge in [-0.3, -0.25) is 9.79 Å². The molecule has 24 heavy (non-hydrogen) atoms. The van der Waals surface area contributed by atoms with Gasteiger partial charge in [-0.1, -0.05) is 23.9 Å². The number of methoxy groups -OCH3 is 1. The summed E-state index contributed by atoms with van der Waals surface area (Å²) in [5, 5.41) is 0.753. The van der Waals surface area contributed by atoms with E-state index in [1.165, 1.54) is 11.8 Å². The summed E-state index contributed by atoms with van der Waals surface area (Å²) in [7, 11) is 1.63. The zero-order valence-electron chi connectivity index (χ0n) is 13.2. The van der Waals surface area contributed by atoms with Crippen molar-refractivity contribution in [3.05, 3.63) is 54.1 Å². The predicted molar refractivity (Wildman–Crippen MR) is 97.3 cm³/mol. The van der Waals surface area contributed by atoms with E-state index in [1.807, 2.05) is 48.5 Å². The van der Waals surface area contributed by atoms with E-state index in [0.717, 1.165) is 27.5 Å². The summed E-state index contributed by atoms with van der Waals surface area (Å²) in [6, 6.07) is 15.3. The summed E-state index contributed by atoms with van der Waals surface area (Å²) in [5.74, 6) is 1.20. The number of carbonyl (C=O) groups excluding carboxylic acids is 1. The van der Waals surface area contributed by atoms with E-state index in [2.05, 4.69) is 15.0 Å². The summed E-state index contributed by atoms with van der Waals surface area (Å²) in [6.45, 7) is 0.166. The van der Waals surface area contributed by atoms with Crippen molar-refractivity contribution in [2.45, 2.75) is 5.16 Å². The highest BCUT2D eigenvalue weighted by molar-refractivity contribution is 7.99. The van der Waals surface area contributed by atoms with E-state index >= 15 is 0 Å². The molecule has 0 fully saturated rings. The molecule has 122 valence electrons. The number of fused-ring (bicyclic) bond motifs is 1. The van der Waals surface area contributed by atoms with Crippen LogP contribution in [0.15, 0.2) is 58.7 Å². The third-order valence-corrected chi connectivity index (χ3v) is 4.29. The Labute approximate surface area is 144 Å². The molecule has 0 aliphatic heterocycles. The molecule has 0 unspecified atom stereocenters. The van der Waals surface area contributed by atoms with Crippen molar-refractivity contribution in [2.75, 3.05) is 19.4 Å². The lowest BCUT2D eigenvalue weighted by molar-refractivity contribution is -0.115. The standard InChI is InChI=1S/C18H17N3O2S/c1-23-15-8-6-13(7-9-15)10-19-11-14(22)12-24-18-20-16-4-2-3-5-17(16)21-18/h2-10H,11-12H2,1H3,(H,20,21). The molecular weight excluding hydrogens is 322 g/mol. The summed E-state index contributed by atoms with van der Waals surface area (Å²) in [5.41, 5.74) is 2.82. The minimum absolute atomic E-state index is 0.0604. The predicted octanol–water partition coefficient (Wildman–Crippen LogP) is 3.35. The molecule has 1 aromatic heterocycles. The van der Waals surface area contributed by atoms with Crippen LogP contribution in [0.2, 0.25) is 0 Å². The third kappa shape index (κ3) is 4.23. The molecule has 0 aliphatic carbocycles. The molecule has 1 N–H and O–H groups in total. The molecule has 0 atom stereocenters. The maximum atomic E-state index is 11.9. The SMILES string of the molecule is COc1ccc(C=NCC(=O)CSc2nc3ccccc3[nH]2)cc1. The number of nitrogens with zero attached hydrogens (tertiary/aromatic N) is 2. The van der Waals surface area contributed by atoms with Gasteiger partial charge in [0.15, 0.2) is 10.9 Å². The van der Waals surface area contributed by atoms with Crippen molar-refractivity contribution < 1.29 is 9.53 Å². The van der Waals surface area contributed by atoms with E-state index < -0.39 is 0 Å². The van der Waals surface area contributed by atoms with Gasteiger partial charge in [-0.15, -0.1) is 0 Å². The lowest BCUT2D eigenvalue weighted by atomic mass is 10.2. The second kappa shape index (κ2) is 7.79. The molecular formula is C18H17N3O2S. The Kier molecular flexibility index (Phi) is 5.28. The van der Waals surface area contributed by atoms with Gasteiger partial charge in [0.1, 0.15) is 5.75 Å².